The number of rotatable bonds is 9. The molecular weight excluding hydrogens is 497 g/mol. The maximum atomic E-state index is 12.2. The number of guanidine groups is 1. The van der Waals surface area contributed by atoms with Crippen LogP contribution in [0.3, 0.4) is 0 Å². The molecule has 0 bridgehead atoms. The Morgan fingerprint density at radius 3 is 2.31 bits per heavy atom. The number of nitrogens with zero attached hydrogens (tertiary/aromatic N) is 1. The molecule has 160 valence electrons. The molecule has 2 rings (SSSR count). The predicted octanol–water partition coefficient (Wildman–Crippen LogP) is 3.89. The zero-order chi connectivity index (χ0) is 20.4. The molecule has 0 aliphatic heterocycles. The highest BCUT2D eigenvalue weighted by Crippen LogP contribution is 2.14. The second-order valence-corrected chi connectivity index (χ2v) is 9.31. The minimum absolute atomic E-state index is 0. The summed E-state index contributed by atoms with van der Waals surface area (Å²) in [6, 6.07) is 17.8. The van der Waals surface area contributed by atoms with Gasteiger partial charge in [0.1, 0.15) is 0 Å². The third-order valence-corrected chi connectivity index (χ3v) is 6.28. The molecule has 0 aliphatic carbocycles. The lowest BCUT2D eigenvalue weighted by molar-refractivity contribution is 0.591. The molecule has 2 N–H and O–H groups in total. The van der Waals surface area contributed by atoms with Gasteiger partial charge in [0.15, 0.2) is 15.8 Å². The molecule has 0 fully saturated rings. The predicted molar refractivity (Wildman–Crippen MR) is 133 cm³/mol. The fourth-order valence-corrected chi connectivity index (χ4v) is 4.31. The number of aliphatic imine (C=N–C) groups is 1. The molecule has 29 heavy (non-hydrogen) atoms. The van der Waals surface area contributed by atoms with Crippen LogP contribution in [0.4, 0.5) is 0 Å². The zero-order valence-corrected chi connectivity index (χ0v) is 20.5. The lowest BCUT2D eigenvalue weighted by Gasteiger charge is -2.16. The Hall–Kier alpha value is -1.61. The number of benzene rings is 2. The highest BCUT2D eigenvalue weighted by Gasteiger charge is 2.12. The topological polar surface area (TPSA) is 70.6 Å². The first-order chi connectivity index (χ1) is 13.4. The van der Waals surface area contributed by atoms with Gasteiger partial charge < -0.3 is 10.6 Å². The van der Waals surface area contributed by atoms with Gasteiger partial charge in [0, 0.05) is 20.1 Å². The van der Waals surface area contributed by atoms with E-state index in [1.165, 1.54) is 11.1 Å². The number of sulfone groups is 1. The summed E-state index contributed by atoms with van der Waals surface area (Å²) in [6.45, 7) is 5.57. The number of aryl methyl sites for hydroxylation is 1. The molecule has 1 atom stereocenters. The van der Waals surface area contributed by atoms with Crippen molar-refractivity contribution in [3.63, 3.8) is 0 Å². The van der Waals surface area contributed by atoms with Crippen molar-refractivity contribution in [3.05, 3.63) is 71.3 Å². The van der Waals surface area contributed by atoms with E-state index in [0.29, 0.717) is 24.8 Å². The summed E-state index contributed by atoms with van der Waals surface area (Å²) in [5.41, 5.74) is 3.36. The van der Waals surface area contributed by atoms with Crippen LogP contribution in [0.1, 0.15) is 36.0 Å². The lowest BCUT2D eigenvalue weighted by atomic mass is 10.0. The van der Waals surface area contributed by atoms with Gasteiger partial charge >= 0.3 is 0 Å². The van der Waals surface area contributed by atoms with Gasteiger partial charge in [0.25, 0.3) is 0 Å². The van der Waals surface area contributed by atoms with Crippen LogP contribution in [0.5, 0.6) is 0 Å². The quantitative estimate of drug-likeness (QED) is 0.224. The molecule has 0 aliphatic rings. The van der Waals surface area contributed by atoms with Crippen molar-refractivity contribution in [1.82, 2.24) is 10.6 Å². The molecule has 2 aromatic carbocycles. The van der Waals surface area contributed by atoms with Crippen molar-refractivity contribution >= 4 is 39.8 Å². The van der Waals surface area contributed by atoms with Gasteiger partial charge in [-0.2, -0.15) is 0 Å². The molecule has 0 saturated heterocycles. The van der Waals surface area contributed by atoms with Gasteiger partial charge in [0.2, 0.25) is 0 Å². The van der Waals surface area contributed by atoms with E-state index in [2.05, 4.69) is 53.7 Å². The smallest absolute Gasteiger partial charge is 0.190 e. The van der Waals surface area contributed by atoms with Crippen LogP contribution in [0.25, 0.3) is 0 Å². The van der Waals surface area contributed by atoms with Gasteiger partial charge in [-0.25, -0.2) is 8.42 Å². The molecule has 0 spiro atoms. The van der Waals surface area contributed by atoms with Crippen LogP contribution in [0.2, 0.25) is 0 Å². The van der Waals surface area contributed by atoms with Crippen molar-refractivity contribution < 1.29 is 8.42 Å². The fraction of sp³-hybridized carbons (Fsp3) is 0.409. The molecular formula is C22H32IN3O2S. The molecule has 0 radical (unpaired) electrons. The van der Waals surface area contributed by atoms with Crippen LogP contribution in [-0.4, -0.2) is 40.3 Å². The maximum Gasteiger partial charge on any atom is 0.190 e. The Balaban J connectivity index is 0.00000420. The van der Waals surface area contributed by atoms with Crippen molar-refractivity contribution in [2.45, 2.75) is 31.9 Å². The summed E-state index contributed by atoms with van der Waals surface area (Å²) in [6.07, 6.45) is 0.545. The van der Waals surface area contributed by atoms with E-state index in [1.807, 2.05) is 30.3 Å². The summed E-state index contributed by atoms with van der Waals surface area (Å²) < 4.78 is 24.5. The standard InChI is InChI=1S/C22H31N3O2S.HI/c1-18-10-12-21(13-11-18)19(2)16-25-22(23-3)24-14-7-15-28(26,27)17-20-8-5-4-6-9-20;/h4-6,8-13,19H,7,14-17H2,1-3H3,(H2,23,24,25);1H. The molecule has 0 aromatic heterocycles. The van der Waals surface area contributed by atoms with Crippen LogP contribution in [-0.2, 0) is 15.6 Å². The molecule has 0 heterocycles. The highest BCUT2D eigenvalue weighted by atomic mass is 127. The van der Waals surface area contributed by atoms with Crippen LogP contribution >= 0.6 is 24.0 Å². The molecule has 2 aromatic rings. The molecule has 1 unspecified atom stereocenters. The minimum Gasteiger partial charge on any atom is -0.356 e. The van der Waals surface area contributed by atoms with Gasteiger partial charge in [0.05, 0.1) is 11.5 Å². The van der Waals surface area contributed by atoms with E-state index in [4.69, 9.17) is 0 Å². The summed E-state index contributed by atoms with van der Waals surface area (Å²) in [5, 5.41) is 6.51. The van der Waals surface area contributed by atoms with E-state index in [9.17, 15) is 8.42 Å². The Labute approximate surface area is 192 Å². The highest BCUT2D eigenvalue weighted by molar-refractivity contribution is 14.0. The largest absolute Gasteiger partial charge is 0.356 e. The first-order valence-electron chi connectivity index (χ1n) is 9.65. The first-order valence-corrected chi connectivity index (χ1v) is 11.5. The average molecular weight is 529 g/mol. The summed E-state index contributed by atoms with van der Waals surface area (Å²) in [7, 11) is -1.38. The monoisotopic (exact) mass is 529 g/mol. The second-order valence-electron chi connectivity index (χ2n) is 7.12. The van der Waals surface area contributed by atoms with E-state index >= 15 is 0 Å². The van der Waals surface area contributed by atoms with Gasteiger partial charge in [-0.15, -0.1) is 24.0 Å². The van der Waals surface area contributed by atoms with Gasteiger partial charge in [-0.3, -0.25) is 4.99 Å². The number of hydrogen-bond acceptors (Lipinski definition) is 3. The van der Waals surface area contributed by atoms with Crippen molar-refractivity contribution in [2.24, 2.45) is 4.99 Å². The minimum atomic E-state index is -3.10. The van der Waals surface area contributed by atoms with Gasteiger partial charge in [-0.05, 0) is 30.4 Å². The van der Waals surface area contributed by atoms with Gasteiger partial charge in [-0.1, -0.05) is 67.1 Å². The van der Waals surface area contributed by atoms with Crippen LogP contribution < -0.4 is 10.6 Å². The number of hydrogen-bond donors (Lipinski definition) is 2. The molecule has 7 heteroatoms. The summed E-state index contributed by atoms with van der Waals surface area (Å²) in [5.74, 6) is 1.30. The SMILES string of the molecule is CN=C(NCCCS(=O)(=O)Cc1ccccc1)NCC(C)c1ccc(C)cc1.I. The Kier molecular flexibility index (Phi) is 11.3. The van der Waals surface area contributed by atoms with Crippen molar-refractivity contribution in [2.75, 3.05) is 25.9 Å². The first kappa shape index (κ1) is 25.4. The molecule has 0 amide bonds. The fourth-order valence-electron chi connectivity index (χ4n) is 2.88. The van der Waals surface area contributed by atoms with E-state index in [1.54, 1.807) is 7.05 Å². The maximum absolute atomic E-state index is 12.2. The molecule has 0 saturated carbocycles. The lowest BCUT2D eigenvalue weighted by Crippen LogP contribution is -2.39. The number of nitrogens with one attached hydrogen (secondary N) is 2. The second kappa shape index (κ2) is 12.8. The van der Waals surface area contributed by atoms with Crippen molar-refractivity contribution in [3.8, 4) is 0 Å². The van der Waals surface area contributed by atoms with E-state index in [-0.39, 0.29) is 35.5 Å². The molecule has 5 nitrogen and oxygen atoms in total. The number of halogens is 1. The normalized spacial score (nSPS) is 12.7. The third-order valence-electron chi connectivity index (χ3n) is 4.60. The van der Waals surface area contributed by atoms with Crippen LogP contribution in [0, 0.1) is 6.92 Å². The average Bonchev–Trinajstić information content (AvgIpc) is 2.68. The summed E-state index contributed by atoms with van der Waals surface area (Å²) >= 11 is 0. The van der Waals surface area contributed by atoms with E-state index in [0.717, 1.165) is 12.1 Å². The Morgan fingerprint density at radius 1 is 1.03 bits per heavy atom. The Morgan fingerprint density at radius 2 is 1.69 bits per heavy atom. The zero-order valence-electron chi connectivity index (χ0n) is 17.4. The van der Waals surface area contributed by atoms with E-state index < -0.39 is 9.84 Å². The van der Waals surface area contributed by atoms with Crippen LogP contribution in [0.15, 0.2) is 59.6 Å². The van der Waals surface area contributed by atoms with Crippen molar-refractivity contribution in [1.29, 1.82) is 0 Å². The third kappa shape index (κ3) is 9.62. The summed E-state index contributed by atoms with van der Waals surface area (Å²) in [4.78, 5) is 4.21. The Bertz CT molecular complexity index is 853.